The van der Waals surface area contributed by atoms with Gasteiger partial charge in [0.1, 0.15) is 6.26 Å². The maximum absolute atomic E-state index is 11.7. The van der Waals surface area contributed by atoms with Gasteiger partial charge in [-0.15, -0.1) is 0 Å². The van der Waals surface area contributed by atoms with E-state index in [-0.39, 0.29) is 23.1 Å². The highest BCUT2D eigenvalue weighted by Crippen LogP contribution is 2.25. The number of phenols is 2. The number of nitrogens with one attached hydrogen (secondary N) is 1. The molecule has 17 heavy (non-hydrogen) atoms. The van der Waals surface area contributed by atoms with Crippen LogP contribution >= 0.6 is 0 Å². The molecule has 0 saturated heterocycles. The zero-order valence-corrected chi connectivity index (χ0v) is 8.97. The first-order valence-corrected chi connectivity index (χ1v) is 4.82. The Kier molecular flexibility index (Phi) is 2.70. The van der Waals surface area contributed by atoms with E-state index in [0.29, 0.717) is 5.69 Å². The van der Waals surface area contributed by atoms with Crippen LogP contribution in [-0.2, 0) is 0 Å². The van der Waals surface area contributed by atoms with Gasteiger partial charge in [-0.2, -0.15) is 4.98 Å². The molecule has 0 radical (unpaired) electrons. The fourth-order valence-corrected chi connectivity index (χ4v) is 1.25. The lowest BCUT2D eigenvalue weighted by Gasteiger charge is -2.02. The predicted octanol–water partition coefficient (Wildman–Crippen LogP) is 1.65. The zero-order chi connectivity index (χ0) is 12.4. The largest absolute Gasteiger partial charge is 0.504 e. The van der Waals surface area contributed by atoms with Gasteiger partial charge in [-0.3, -0.25) is 10.1 Å². The molecular formula is C11H10N2O4. The number of benzene rings is 1. The Hall–Kier alpha value is -2.50. The van der Waals surface area contributed by atoms with Crippen molar-refractivity contribution in [1.29, 1.82) is 0 Å². The Morgan fingerprint density at radius 1 is 1.35 bits per heavy atom. The quantitative estimate of drug-likeness (QED) is 0.686. The molecule has 6 heteroatoms. The molecule has 0 fully saturated rings. The lowest BCUT2D eigenvalue weighted by Crippen LogP contribution is -2.11. The van der Waals surface area contributed by atoms with Crippen LogP contribution in [0.1, 0.15) is 16.1 Å². The fraction of sp³-hybridized carbons (Fsp3) is 0.0909. The number of aryl methyl sites for hydroxylation is 1. The minimum Gasteiger partial charge on any atom is -0.504 e. The molecule has 0 aliphatic carbocycles. The number of hydrogen-bond acceptors (Lipinski definition) is 5. The number of carbonyl (C=O) groups is 1. The molecule has 1 aromatic carbocycles. The maximum Gasteiger partial charge on any atom is 0.301 e. The molecule has 88 valence electrons. The second-order valence-corrected chi connectivity index (χ2v) is 3.45. The minimum absolute atomic E-state index is 0.0834. The number of rotatable bonds is 2. The summed E-state index contributed by atoms with van der Waals surface area (Å²) in [5, 5.41) is 20.8. The van der Waals surface area contributed by atoms with Crippen molar-refractivity contribution in [3.8, 4) is 11.5 Å². The summed E-state index contributed by atoms with van der Waals surface area (Å²) in [7, 11) is 0. The van der Waals surface area contributed by atoms with Crippen LogP contribution in [0, 0.1) is 6.92 Å². The molecule has 0 atom stereocenters. The van der Waals surface area contributed by atoms with Gasteiger partial charge in [0.25, 0.3) is 5.91 Å². The molecule has 0 spiro atoms. The Morgan fingerprint density at radius 2 is 2.12 bits per heavy atom. The summed E-state index contributed by atoms with van der Waals surface area (Å²) >= 11 is 0. The summed E-state index contributed by atoms with van der Waals surface area (Å²) < 4.78 is 4.96. The molecule has 0 aliphatic rings. The fourth-order valence-electron chi connectivity index (χ4n) is 1.25. The Labute approximate surface area is 96.5 Å². The number of anilines is 1. The van der Waals surface area contributed by atoms with Crippen LogP contribution in [0.5, 0.6) is 11.5 Å². The highest BCUT2D eigenvalue weighted by atomic mass is 16.4. The third kappa shape index (κ3) is 2.36. The molecule has 1 heterocycles. The van der Waals surface area contributed by atoms with Crippen molar-refractivity contribution in [3.05, 3.63) is 35.7 Å². The molecule has 2 aromatic rings. The summed E-state index contributed by atoms with van der Waals surface area (Å²) in [6, 6.07) is 3.84. The van der Waals surface area contributed by atoms with Gasteiger partial charge in [0.15, 0.2) is 11.5 Å². The van der Waals surface area contributed by atoms with E-state index < -0.39 is 5.91 Å². The normalized spacial score (nSPS) is 10.2. The van der Waals surface area contributed by atoms with Crippen molar-refractivity contribution in [1.82, 2.24) is 4.98 Å². The van der Waals surface area contributed by atoms with Crippen molar-refractivity contribution in [2.24, 2.45) is 0 Å². The van der Waals surface area contributed by atoms with Crippen LogP contribution in [0.25, 0.3) is 0 Å². The maximum atomic E-state index is 11.7. The molecule has 6 nitrogen and oxygen atoms in total. The van der Waals surface area contributed by atoms with Crippen LogP contribution in [0.15, 0.2) is 28.9 Å². The number of aromatic nitrogens is 1. The second kappa shape index (κ2) is 4.17. The van der Waals surface area contributed by atoms with Gasteiger partial charge in [0, 0.05) is 5.56 Å². The third-order valence-electron chi connectivity index (χ3n) is 2.08. The molecule has 1 amide bonds. The first-order chi connectivity index (χ1) is 8.06. The predicted molar refractivity (Wildman–Crippen MR) is 59.0 cm³/mol. The number of oxazole rings is 1. The number of aromatic hydroxyl groups is 2. The molecule has 0 unspecified atom stereocenters. The average Bonchev–Trinajstić information content (AvgIpc) is 2.68. The molecule has 0 saturated carbocycles. The number of nitrogens with zero attached hydrogens (tertiary/aromatic N) is 1. The average molecular weight is 234 g/mol. The Bertz CT molecular complexity index is 562. The van der Waals surface area contributed by atoms with Gasteiger partial charge >= 0.3 is 6.01 Å². The monoisotopic (exact) mass is 234 g/mol. The van der Waals surface area contributed by atoms with Gasteiger partial charge < -0.3 is 14.6 Å². The lowest BCUT2D eigenvalue weighted by atomic mass is 10.2. The number of carbonyl (C=O) groups excluding carboxylic acids is 1. The summed E-state index contributed by atoms with van der Waals surface area (Å²) in [6.07, 6.45) is 1.41. The zero-order valence-electron chi connectivity index (χ0n) is 8.97. The van der Waals surface area contributed by atoms with E-state index in [1.807, 2.05) is 0 Å². The SMILES string of the molecule is Cc1coc(NC(=O)c2ccc(O)c(O)c2)n1. The number of phenolic OH excluding ortho intramolecular Hbond substituents is 2. The second-order valence-electron chi connectivity index (χ2n) is 3.45. The van der Waals surface area contributed by atoms with Crippen LogP contribution in [0.2, 0.25) is 0 Å². The van der Waals surface area contributed by atoms with Crippen LogP contribution in [0.3, 0.4) is 0 Å². The lowest BCUT2D eigenvalue weighted by molar-refractivity contribution is 0.102. The van der Waals surface area contributed by atoms with Crippen molar-refractivity contribution in [2.75, 3.05) is 5.32 Å². The molecule has 0 aliphatic heterocycles. The van der Waals surface area contributed by atoms with Crippen LogP contribution < -0.4 is 5.32 Å². The Balaban J connectivity index is 2.17. The van der Waals surface area contributed by atoms with Crippen molar-refractivity contribution in [2.45, 2.75) is 6.92 Å². The van der Waals surface area contributed by atoms with E-state index >= 15 is 0 Å². The van der Waals surface area contributed by atoms with E-state index in [0.717, 1.165) is 6.07 Å². The first-order valence-electron chi connectivity index (χ1n) is 4.82. The molecular weight excluding hydrogens is 224 g/mol. The van der Waals surface area contributed by atoms with E-state index in [9.17, 15) is 9.90 Å². The van der Waals surface area contributed by atoms with Gasteiger partial charge in [0.05, 0.1) is 5.69 Å². The summed E-state index contributed by atoms with van der Waals surface area (Å²) in [5.41, 5.74) is 0.838. The van der Waals surface area contributed by atoms with Gasteiger partial charge in [-0.05, 0) is 25.1 Å². The first kappa shape index (κ1) is 11.0. The highest BCUT2D eigenvalue weighted by molar-refractivity contribution is 6.03. The molecule has 2 rings (SSSR count). The minimum atomic E-state index is -0.484. The topological polar surface area (TPSA) is 95.6 Å². The van der Waals surface area contributed by atoms with Crippen LogP contribution in [-0.4, -0.2) is 21.1 Å². The molecule has 3 N–H and O–H groups in total. The van der Waals surface area contributed by atoms with Crippen molar-refractivity contribution < 1.29 is 19.4 Å². The van der Waals surface area contributed by atoms with E-state index in [2.05, 4.69) is 10.3 Å². The number of hydrogen-bond donors (Lipinski definition) is 3. The van der Waals surface area contributed by atoms with Crippen LogP contribution in [0.4, 0.5) is 6.01 Å². The van der Waals surface area contributed by atoms with Gasteiger partial charge in [0.2, 0.25) is 0 Å². The Morgan fingerprint density at radius 3 is 2.71 bits per heavy atom. The summed E-state index contributed by atoms with van der Waals surface area (Å²) in [6.45, 7) is 1.73. The highest BCUT2D eigenvalue weighted by Gasteiger charge is 2.11. The van der Waals surface area contributed by atoms with Gasteiger partial charge in [-0.25, -0.2) is 0 Å². The van der Waals surface area contributed by atoms with Crippen molar-refractivity contribution in [3.63, 3.8) is 0 Å². The van der Waals surface area contributed by atoms with E-state index in [1.165, 1.54) is 18.4 Å². The van der Waals surface area contributed by atoms with Crippen molar-refractivity contribution >= 4 is 11.9 Å². The third-order valence-corrected chi connectivity index (χ3v) is 2.08. The van der Waals surface area contributed by atoms with Gasteiger partial charge in [-0.1, -0.05) is 0 Å². The number of amides is 1. The smallest absolute Gasteiger partial charge is 0.301 e. The summed E-state index contributed by atoms with van der Waals surface area (Å²) in [5.74, 6) is -1.13. The van der Waals surface area contributed by atoms with E-state index in [4.69, 9.17) is 9.52 Å². The molecule has 0 bridgehead atoms. The van der Waals surface area contributed by atoms with E-state index in [1.54, 1.807) is 6.92 Å². The standard InChI is InChI=1S/C11H10N2O4/c1-6-5-17-11(12-6)13-10(16)7-2-3-8(14)9(15)4-7/h2-5,14-15H,1H3,(H,12,13,16). The summed E-state index contributed by atoms with van der Waals surface area (Å²) in [4.78, 5) is 15.6. The molecule has 1 aromatic heterocycles.